The van der Waals surface area contributed by atoms with Crippen molar-refractivity contribution < 1.29 is 14.3 Å². The summed E-state index contributed by atoms with van der Waals surface area (Å²) >= 11 is 5.29. The summed E-state index contributed by atoms with van der Waals surface area (Å²) < 4.78 is 4.97. The standard InChI is InChI=1S/C16H22N4O3S/c1-3-17-16(24)20-10-6-9-19(20)15(22)18-13-8-5-7-12(11-13)14(21)23-4-2/h5,7-8,11H,3-4,6,9-10H2,1-2H3,(H,17,24)(H,18,22). The molecule has 0 bridgehead atoms. The van der Waals surface area contributed by atoms with Crippen LogP contribution in [0.3, 0.4) is 0 Å². The second kappa shape index (κ2) is 8.49. The third-order valence-corrected chi connectivity index (χ3v) is 3.81. The van der Waals surface area contributed by atoms with Gasteiger partial charge in [-0.25, -0.2) is 14.6 Å². The lowest BCUT2D eigenvalue weighted by Crippen LogP contribution is -2.50. The summed E-state index contributed by atoms with van der Waals surface area (Å²) in [5.41, 5.74) is 0.933. The van der Waals surface area contributed by atoms with Gasteiger partial charge in [-0.2, -0.15) is 0 Å². The van der Waals surface area contributed by atoms with Crippen LogP contribution in [0, 0.1) is 0 Å². The van der Waals surface area contributed by atoms with Gasteiger partial charge in [-0.05, 0) is 50.7 Å². The van der Waals surface area contributed by atoms with Crippen LogP contribution in [0.5, 0.6) is 0 Å². The molecule has 0 aliphatic carbocycles. The zero-order chi connectivity index (χ0) is 17.5. The molecule has 0 saturated carbocycles. The van der Waals surface area contributed by atoms with Gasteiger partial charge in [-0.15, -0.1) is 0 Å². The first-order chi connectivity index (χ1) is 11.6. The number of hydrazine groups is 1. The Morgan fingerprint density at radius 1 is 1.25 bits per heavy atom. The Morgan fingerprint density at radius 3 is 2.71 bits per heavy atom. The number of nitrogens with one attached hydrogen (secondary N) is 2. The second-order valence-electron chi connectivity index (χ2n) is 5.17. The highest BCUT2D eigenvalue weighted by Crippen LogP contribution is 2.16. The number of hydrogen-bond acceptors (Lipinski definition) is 4. The van der Waals surface area contributed by atoms with Gasteiger partial charge in [-0.3, -0.25) is 5.01 Å². The number of urea groups is 1. The van der Waals surface area contributed by atoms with E-state index in [1.54, 1.807) is 41.2 Å². The summed E-state index contributed by atoms with van der Waals surface area (Å²) in [6, 6.07) is 6.39. The summed E-state index contributed by atoms with van der Waals surface area (Å²) in [6.07, 6.45) is 0.849. The fourth-order valence-electron chi connectivity index (χ4n) is 2.40. The molecule has 0 unspecified atom stereocenters. The van der Waals surface area contributed by atoms with Crippen molar-refractivity contribution in [2.75, 3.05) is 31.6 Å². The van der Waals surface area contributed by atoms with Gasteiger partial charge in [0.2, 0.25) is 0 Å². The van der Waals surface area contributed by atoms with Crippen LogP contribution in [0.1, 0.15) is 30.6 Å². The first-order valence-electron chi connectivity index (χ1n) is 7.97. The monoisotopic (exact) mass is 350 g/mol. The molecule has 1 saturated heterocycles. The van der Waals surface area contributed by atoms with Gasteiger partial charge in [0.05, 0.1) is 12.2 Å². The lowest BCUT2D eigenvalue weighted by atomic mass is 10.2. The minimum Gasteiger partial charge on any atom is -0.462 e. The van der Waals surface area contributed by atoms with Crippen molar-refractivity contribution >= 4 is 35.0 Å². The molecule has 2 N–H and O–H groups in total. The average Bonchev–Trinajstić information content (AvgIpc) is 3.05. The van der Waals surface area contributed by atoms with Gasteiger partial charge in [-0.1, -0.05) is 6.07 Å². The van der Waals surface area contributed by atoms with Crippen LogP contribution in [0.2, 0.25) is 0 Å². The van der Waals surface area contributed by atoms with Crippen LogP contribution in [0.4, 0.5) is 10.5 Å². The molecule has 0 radical (unpaired) electrons. The quantitative estimate of drug-likeness (QED) is 0.641. The smallest absolute Gasteiger partial charge is 0.340 e. The van der Waals surface area contributed by atoms with Gasteiger partial charge in [0.15, 0.2) is 5.11 Å². The highest BCUT2D eigenvalue weighted by Gasteiger charge is 2.28. The molecule has 130 valence electrons. The summed E-state index contributed by atoms with van der Waals surface area (Å²) in [5.74, 6) is -0.412. The van der Waals surface area contributed by atoms with E-state index in [1.807, 2.05) is 6.92 Å². The minimum atomic E-state index is -0.412. The molecule has 2 rings (SSSR count). The second-order valence-corrected chi connectivity index (χ2v) is 5.55. The van der Waals surface area contributed by atoms with E-state index in [1.165, 1.54) is 0 Å². The Labute approximate surface area is 146 Å². The predicted molar refractivity (Wildman–Crippen MR) is 95.7 cm³/mol. The highest BCUT2D eigenvalue weighted by atomic mass is 32.1. The number of thiocarbonyl (C=S) groups is 1. The Kier molecular flexibility index (Phi) is 6.36. The van der Waals surface area contributed by atoms with Crippen molar-refractivity contribution in [1.82, 2.24) is 15.3 Å². The van der Waals surface area contributed by atoms with E-state index in [2.05, 4.69) is 10.6 Å². The SMILES string of the molecule is CCNC(=S)N1CCCN1C(=O)Nc1cccc(C(=O)OCC)c1. The molecule has 7 nitrogen and oxygen atoms in total. The number of amides is 2. The maximum absolute atomic E-state index is 12.5. The van der Waals surface area contributed by atoms with E-state index in [0.717, 1.165) is 6.42 Å². The predicted octanol–water partition coefficient (Wildman–Crippen LogP) is 2.21. The number of rotatable bonds is 4. The van der Waals surface area contributed by atoms with Crippen LogP contribution in [0.25, 0.3) is 0 Å². The lowest BCUT2D eigenvalue weighted by Gasteiger charge is -2.30. The van der Waals surface area contributed by atoms with Crippen molar-refractivity contribution in [3.05, 3.63) is 29.8 Å². The van der Waals surface area contributed by atoms with Crippen molar-refractivity contribution in [2.45, 2.75) is 20.3 Å². The molecule has 1 aromatic carbocycles. The molecule has 1 fully saturated rings. The Hall–Kier alpha value is -2.35. The first kappa shape index (κ1) is 18.0. The van der Waals surface area contributed by atoms with E-state index in [9.17, 15) is 9.59 Å². The van der Waals surface area contributed by atoms with Gasteiger partial charge < -0.3 is 15.4 Å². The molecule has 0 atom stereocenters. The van der Waals surface area contributed by atoms with Crippen LogP contribution >= 0.6 is 12.2 Å². The molecule has 1 aromatic rings. The van der Waals surface area contributed by atoms with Crippen molar-refractivity contribution in [3.8, 4) is 0 Å². The fraction of sp³-hybridized carbons (Fsp3) is 0.438. The normalized spacial score (nSPS) is 13.6. The summed E-state index contributed by atoms with van der Waals surface area (Å²) in [4.78, 5) is 24.3. The van der Waals surface area contributed by atoms with Crippen LogP contribution in [-0.4, -0.2) is 53.4 Å². The molecule has 1 aliphatic heterocycles. The number of carbonyl (C=O) groups excluding carboxylic acids is 2. The molecule has 1 aliphatic rings. The number of carbonyl (C=O) groups is 2. The van der Waals surface area contributed by atoms with Gasteiger partial charge >= 0.3 is 12.0 Å². The topological polar surface area (TPSA) is 73.9 Å². The largest absolute Gasteiger partial charge is 0.462 e. The first-order valence-corrected chi connectivity index (χ1v) is 8.38. The third-order valence-electron chi connectivity index (χ3n) is 3.45. The number of benzene rings is 1. The molecule has 24 heavy (non-hydrogen) atoms. The number of hydrogen-bond donors (Lipinski definition) is 2. The fourth-order valence-corrected chi connectivity index (χ4v) is 2.74. The zero-order valence-electron chi connectivity index (χ0n) is 13.9. The average molecular weight is 350 g/mol. The van der Waals surface area contributed by atoms with Gasteiger partial charge in [0.1, 0.15) is 0 Å². The van der Waals surface area contributed by atoms with E-state index in [-0.39, 0.29) is 6.03 Å². The van der Waals surface area contributed by atoms with Gasteiger partial charge in [0, 0.05) is 25.3 Å². The van der Waals surface area contributed by atoms with E-state index < -0.39 is 5.97 Å². The number of anilines is 1. The molecular formula is C16H22N4O3S. The maximum Gasteiger partial charge on any atom is 0.340 e. The molecule has 8 heteroatoms. The zero-order valence-corrected chi connectivity index (χ0v) is 14.7. The number of nitrogens with zero attached hydrogens (tertiary/aromatic N) is 2. The third kappa shape index (κ3) is 4.35. The number of ether oxygens (including phenoxy) is 1. The molecular weight excluding hydrogens is 328 g/mol. The Bertz CT molecular complexity index is 623. The van der Waals surface area contributed by atoms with Crippen LogP contribution in [-0.2, 0) is 4.74 Å². The van der Waals surface area contributed by atoms with E-state index in [4.69, 9.17) is 17.0 Å². The lowest BCUT2D eigenvalue weighted by molar-refractivity contribution is 0.0526. The minimum absolute atomic E-state index is 0.284. The Balaban J connectivity index is 2.05. The van der Waals surface area contributed by atoms with Crippen molar-refractivity contribution in [1.29, 1.82) is 0 Å². The van der Waals surface area contributed by atoms with Crippen molar-refractivity contribution in [3.63, 3.8) is 0 Å². The summed E-state index contributed by atoms with van der Waals surface area (Å²) in [6.45, 7) is 6.00. The van der Waals surface area contributed by atoms with E-state index >= 15 is 0 Å². The molecule has 1 heterocycles. The van der Waals surface area contributed by atoms with E-state index in [0.29, 0.717) is 42.6 Å². The molecule has 0 aromatic heterocycles. The molecule has 0 spiro atoms. The van der Waals surface area contributed by atoms with Crippen LogP contribution in [0.15, 0.2) is 24.3 Å². The van der Waals surface area contributed by atoms with Crippen LogP contribution < -0.4 is 10.6 Å². The highest BCUT2D eigenvalue weighted by molar-refractivity contribution is 7.80. The van der Waals surface area contributed by atoms with Gasteiger partial charge in [0.25, 0.3) is 0 Å². The van der Waals surface area contributed by atoms with Crippen molar-refractivity contribution in [2.24, 2.45) is 0 Å². The Morgan fingerprint density at radius 2 is 2.00 bits per heavy atom. The molecule has 2 amide bonds. The maximum atomic E-state index is 12.5. The summed E-state index contributed by atoms with van der Waals surface area (Å²) in [7, 11) is 0. The summed E-state index contributed by atoms with van der Waals surface area (Å²) in [5, 5.41) is 9.70. The number of esters is 1.